The van der Waals surface area contributed by atoms with Crippen molar-refractivity contribution in [2.24, 2.45) is 0 Å². The summed E-state index contributed by atoms with van der Waals surface area (Å²) in [6.45, 7) is 1.81. The van der Waals surface area contributed by atoms with E-state index >= 15 is 0 Å². The van der Waals surface area contributed by atoms with Gasteiger partial charge in [0, 0.05) is 16.9 Å². The maximum absolute atomic E-state index is 13.3. The zero-order valence-electron chi connectivity index (χ0n) is 13.8. The van der Waals surface area contributed by atoms with E-state index in [0.29, 0.717) is 15.3 Å². The van der Waals surface area contributed by atoms with E-state index in [2.05, 4.69) is 10.3 Å². The van der Waals surface area contributed by atoms with E-state index in [9.17, 15) is 18.8 Å². The number of aromatic amines is 1. The van der Waals surface area contributed by atoms with Crippen LogP contribution in [-0.4, -0.2) is 15.5 Å². The van der Waals surface area contributed by atoms with Crippen LogP contribution in [0.4, 0.5) is 10.1 Å². The number of rotatable bonds is 3. The summed E-state index contributed by atoms with van der Waals surface area (Å²) in [5.41, 5.74) is -0.742. The molecule has 2 aromatic carbocycles. The summed E-state index contributed by atoms with van der Waals surface area (Å²) in [5, 5.41) is 2.73. The number of H-pyrrole nitrogens is 1. The number of hydrogen-bond acceptors (Lipinski definition) is 3. The molecule has 3 rings (SSSR count). The van der Waals surface area contributed by atoms with Crippen LogP contribution in [-0.2, 0) is 0 Å². The Hall–Kier alpha value is -2.90. The van der Waals surface area contributed by atoms with Gasteiger partial charge in [-0.1, -0.05) is 29.3 Å². The summed E-state index contributed by atoms with van der Waals surface area (Å²) in [6, 6.07) is 8.23. The third kappa shape index (κ3) is 3.79. The molecule has 9 heteroatoms. The van der Waals surface area contributed by atoms with Crippen LogP contribution < -0.4 is 16.6 Å². The normalized spacial score (nSPS) is 10.7. The minimum Gasteiger partial charge on any atom is -0.322 e. The van der Waals surface area contributed by atoms with Crippen LogP contribution in [0.2, 0.25) is 10.0 Å². The van der Waals surface area contributed by atoms with Gasteiger partial charge in [0.1, 0.15) is 11.4 Å². The molecule has 2 N–H and O–H groups in total. The number of amides is 1. The second kappa shape index (κ2) is 7.38. The van der Waals surface area contributed by atoms with E-state index in [1.165, 1.54) is 6.07 Å². The molecule has 1 heterocycles. The zero-order valence-corrected chi connectivity index (χ0v) is 15.4. The quantitative estimate of drug-likeness (QED) is 0.696. The Morgan fingerprint density at radius 1 is 1.11 bits per heavy atom. The first-order chi connectivity index (χ1) is 12.8. The van der Waals surface area contributed by atoms with Crippen LogP contribution >= 0.6 is 23.2 Å². The van der Waals surface area contributed by atoms with Crippen LogP contribution in [0.25, 0.3) is 5.69 Å². The van der Waals surface area contributed by atoms with Crippen molar-refractivity contribution in [2.45, 2.75) is 6.92 Å². The molecule has 0 bridgehead atoms. The Kier molecular flexibility index (Phi) is 5.16. The maximum atomic E-state index is 13.3. The predicted octanol–water partition coefficient (Wildman–Crippen LogP) is 3.53. The second-order valence-corrected chi connectivity index (χ2v) is 6.48. The lowest BCUT2D eigenvalue weighted by Gasteiger charge is -2.09. The van der Waals surface area contributed by atoms with Gasteiger partial charge in [-0.2, -0.15) is 0 Å². The van der Waals surface area contributed by atoms with Crippen molar-refractivity contribution in [3.63, 3.8) is 0 Å². The van der Waals surface area contributed by atoms with Gasteiger partial charge in [-0.25, -0.2) is 13.8 Å². The van der Waals surface area contributed by atoms with Crippen LogP contribution in [0.3, 0.4) is 0 Å². The van der Waals surface area contributed by atoms with Crippen molar-refractivity contribution in [3.8, 4) is 5.69 Å². The van der Waals surface area contributed by atoms with E-state index in [1.54, 1.807) is 18.2 Å². The van der Waals surface area contributed by atoms with Crippen molar-refractivity contribution in [1.29, 1.82) is 0 Å². The van der Waals surface area contributed by atoms with Gasteiger partial charge in [-0.3, -0.25) is 9.59 Å². The minimum absolute atomic E-state index is 0.0284. The molecule has 0 aliphatic carbocycles. The molecule has 0 saturated carbocycles. The third-order valence-electron chi connectivity index (χ3n) is 3.81. The van der Waals surface area contributed by atoms with Crippen LogP contribution in [0.1, 0.15) is 15.9 Å². The van der Waals surface area contributed by atoms with Gasteiger partial charge >= 0.3 is 5.69 Å². The Morgan fingerprint density at radius 2 is 1.85 bits per heavy atom. The molecule has 0 fully saturated rings. The topological polar surface area (TPSA) is 84.0 Å². The summed E-state index contributed by atoms with van der Waals surface area (Å²) < 4.78 is 14.0. The van der Waals surface area contributed by atoms with E-state index in [-0.39, 0.29) is 16.3 Å². The molecule has 0 radical (unpaired) electrons. The van der Waals surface area contributed by atoms with E-state index in [4.69, 9.17) is 23.2 Å². The number of anilines is 1. The van der Waals surface area contributed by atoms with Crippen LogP contribution in [0, 0.1) is 12.7 Å². The maximum Gasteiger partial charge on any atom is 0.333 e. The van der Waals surface area contributed by atoms with Crippen LogP contribution in [0.5, 0.6) is 0 Å². The van der Waals surface area contributed by atoms with Gasteiger partial charge in [-0.05, 0) is 42.8 Å². The molecule has 0 spiro atoms. The summed E-state index contributed by atoms with van der Waals surface area (Å²) in [7, 11) is 0. The lowest BCUT2D eigenvalue weighted by Crippen LogP contribution is -2.38. The molecule has 0 saturated heterocycles. The molecular weight excluding hydrogens is 396 g/mol. The Bertz CT molecular complexity index is 1170. The number of hydrogen-bond donors (Lipinski definition) is 2. The van der Waals surface area contributed by atoms with Gasteiger partial charge in [0.05, 0.1) is 10.7 Å². The average molecular weight is 408 g/mol. The fraction of sp³-hybridized carbons (Fsp3) is 0.0556. The smallest absolute Gasteiger partial charge is 0.322 e. The molecule has 6 nitrogen and oxygen atoms in total. The van der Waals surface area contributed by atoms with Gasteiger partial charge in [0.25, 0.3) is 11.5 Å². The highest BCUT2D eigenvalue weighted by Crippen LogP contribution is 2.20. The predicted molar refractivity (Wildman–Crippen MR) is 102 cm³/mol. The van der Waals surface area contributed by atoms with Gasteiger partial charge < -0.3 is 10.3 Å². The first-order valence-corrected chi connectivity index (χ1v) is 8.41. The standard InChI is InChI=1S/C18H12Cl2FN3O3/c1-9-2-3-10(6-13(9)19)23-16(25)12-8-22-18(27)24(17(12)26)11-4-5-15(21)14(20)7-11/h2-8H,1H3,(H,22,27)(H,23,25). The number of nitrogens with zero attached hydrogens (tertiary/aromatic N) is 1. The Labute approximate surface area is 162 Å². The van der Waals surface area contributed by atoms with E-state index in [0.717, 1.165) is 23.9 Å². The van der Waals surface area contributed by atoms with Crippen LogP contribution in [0.15, 0.2) is 52.2 Å². The average Bonchev–Trinajstić information content (AvgIpc) is 2.61. The van der Waals surface area contributed by atoms with E-state index in [1.807, 2.05) is 6.92 Å². The van der Waals surface area contributed by atoms with Crippen molar-refractivity contribution < 1.29 is 9.18 Å². The van der Waals surface area contributed by atoms with Gasteiger partial charge in [0.15, 0.2) is 0 Å². The molecule has 1 amide bonds. The number of carbonyl (C=O) groups is 1. The summed E-state index contributed by atoms with van der Waals surface area (Å²) in [5.74, 6) is -1.44. The first-order valence-electron chi connectivity index (χ1n) is 7.65. The molecule has 138 valence electrons. The largest absolute Gasteiger partial charge is 0.333 e. The molecule has 0 unspecified atom stereocenters. The van der Waals surface area contributed by atoms with Crippen molar-refractivity contribution in [1.82, 2.24) is 9.55 Å². The SMILES string of the molecule is Cc1ccc(NC(=O)c2c[nH]c(=O)n(-c3ccc(F)c(Cl)c3)c2=O)cc1Cl. The lowest BCUT2D eigenvalue weighted by atomic mass is 10.2. The fourth-order valence-corrected chi connectivity index (χ4v) is 2.72. The highest BCUT2D eigenvalue weighted by Gasteiger charge is 2.17. The number of carbonyl (C=O) groups excluding carboxylic acids is 1. The third-order valence-corrected chi connectivity index (χ3v) is 4.51. The van der Waals surface area contributed by atoms with Gasteiger partial charge in [-0.15, -0.1) is 0 Å². The Balaban J connectivity index is 2.03. The Morgan fingerprint density at radius 3 is 2.52 bits per heavy atom. The summed E-state index contributed by atoms with van der Waals surface area (Å²) in [4.78, 5) is 39.5. The minimum atomic E-state index is -0.878. The number of benzene rings is 2. The van der Waals surface area contributed by atoms with E-state index < -0.39 is 23.0 Å². The highest BCUT2D eigenvalue weighted by molar-refractivity contribution is 6.31. The summed E-state index contributed by atoms with van der Waals surface area (Å²) in [6.07, 6.45) is 1.01. The number of halogens is 3. The van der Waals surface area contributed by atoms with Crippen molar-refractivity contribution in [3.05, 3.63) is 90.4 Å². The molecule has 27 heavy (non-hydrogen) atoms. The number of nitrogens with one attached hydrogen (secondary N) is 2. The first kappa shape index (κ1) is 18.9. The molecule has 0 aliphatic heterocycles. The molecule has 0 atom stereocenters. The van der Waals surface area contributed by atoms with Gasteiger partial charge in [0.2, 0.25) is 0 Å². The fourth-order valence-electron chi connectivity index (χ4n) is 2.36. The highest BCUT2D eigenvalue weighted by atomic mass is 35.5. The second-order valence-electron chi connectivity index (χ2n) is 5.66. The number of aromatic nitrogens is 2. The lowest BCUT2D eigenvalue weighted by molar-refractivity contribution is 0.102. The van der Waals surface area contributed by atoms with Crippen molar-refractivity contribution >= 4 is 34.8 Å². The monoisotopic (exact) mass is 407 g/mol. The van der Waals surface area contributed by atoms with Crippen molar-refractivity contribution in [2.75, 3.05) is 5.32 Å². The molecule has 3 aromatic rings. The zero-order chi connectivity index (χ0) is 19.7. The molecular formula is C18H12Cl2FN3O3. The number of aryl methyl sites for hydroxylation is 1. The molecule has 0 aliphatic rings. The molecule has 1 aromatic heterocycles. The summed E-state index contributed by atoms with van der Waals surface area (Å²) >= 11 is 11.7.